The Balaban J connectivity index is 2.89. The number of carbonyl (C=O) groups excluding carboxylic acids is 1. The van der Waals surface area contributed by atoms with Crippen molar-refractivity contribution in [3.63, 3.8) is 0 Å². The van der Waals surface area contributed by atoms with Crippen LogP contribution in [-0.2, 0) is 4.79 Å². The van der Waals surface area contributed by atoms with Crippen LogP contribution in [0.5, 0.6) is 5.75 Å². The number of hydrogen-bond acceptors (Lipinski definition) is 3. The summed E-state index contributed by atoms with van der Waals surface area (Å²) in [5.74, 6) is -1.04. The Bertz CT molecular complexity index is 473. The molecule has 20 heavy (non-hydrogen) atoms. The fourth-order valence-corrected chi connectivity index (χ4v) is 1.89. The second kappa shape index (κ2) is 7.53. The van der Waals surface area contributed by atoms with E-state index < -0.39 is 11.9 Å². The molecule has 0 bridgehead atoms. The highest BCUT2D eigenvalue weighted by Crippen LogP contribution is 2.15. The summed E-state index contributed by atoms with van der Waals surface area (Å²) in [6.45, 7) is 4.30. The van der Waals surface area contributed by atoms with Crippen LogP contribution in [0.2, 0.25) is 0 Å². The van der Waals surface area contributed by atoms with E-state index in [0.29, 0.717) is 17.9 Å². The highest BCUT2D eigenvalue weighted by atomic mass is 16.5. The van der Waals surface area contributed by atoms with Gasteiger partial charge in [0, 0.05) is 18.7 Å². The van der Waals surface area contributed by atoms with E-state index in [2.05, 4.69) is 0 Å². The number of carbonyl (C=O) groups is 2. The Kier molecular flexibility index (Phi) is 6.03. The van der Waals surface area contributed by atoms with Gasteiger partial charge in [-0.2, -0.15) is 0 Å². The van der Waals surface area contributed by atoms with Gasteiger partial charge in [0.05, 0.1) is 13.0 Å². The molecule has 5 heteroatoms. The van der Waals surface area contributed by atoms with Crippen LogP contribution in [0.4, 0.5) is 0 Å². The number of aliphatic carboxylic acids is 1. The lowest BCUT2D eigenvalue weighted by Crippen LogP contribution is -2.37. The highest BCUT2D eigenvalue weighted by Gasteiger charge is 2.21. The number of ether oxygens (including phenoxy) is 1. The summed E-state index contributed by atoms with van der Waals surface area (Å²) in [6.07, 6.45) is 0.780. The summed E-state index contributed by atoms with van der Waals surface area (Å²) in [5, 5.41) is 8.98. The minimum Gasteiger partial charge on any atom is -0.497 e. The first-order valence-electron chi connectivity index (χ1n) is 6.65. The van der Waals surface area contributed by atoms with Crippen LogP contribution in [0.3, 0.4) is 0 Å². The predicted molar refractivity (Wildman–Crippen MR) is 76.0 cm³/mol. The minimum absolute atomic E-state index is 0.168. The third kappa shape index (κ3) is 4.26. The second-order valence-corrected chi connectivity index (χ2v) is 4.72. The van der Waals surface area contributed by atoms with E-state index in [1.54, 1.807) is 43.2 Å². The predicted octanol–water partition coefficient (Wildman–Crippen LogP) is 2.27. The van der Waals surface area contributed by atoms with Gasteiger partial charge < -0.3 is 14.7 Å². The van der Waals surface area contributed by atoms with Gasteiger partial charge in [-0.15, -0.1) is 0 Å². The zero-order valence-electron chi connectivity index (χ0n) is 12.1. The van der Waals surface area contributed by atoms with Crippen LogP contribution in [0.1, 0.15) is 30.6 Å². The Morgan fingerprint density at radius 2 is 2.10 bits per heavy atom. The molecule has 0 fully saturated rings. The molecule has 1 atom stereocenters. The van der Waals surface area contributed by atoms with E-state index >= 15 is 0 Å². The van der Waals surface area contributed by atoms with Gasteiger partial charge >= 0.3 is 5.97 Å². The Labute approximate surface area is 119 Å². The van der Waals surface area contributed by atoms with Crippen molar-refractivity contribution in [2.45, 2.75) is 20.3 Å². The van der Waals surface area contributed by atoms with Crippen LogP contribution >= 0.6 is 0 Å². The molecule has 0 heterocycles. The monoisotopic (exact) mass is 279 g/mol. The molecule has 110 valence electrons. The van der Waals surface area contributed by atoms with Crippen molar-refractivity contribution in [2.24, 2.45) is 5.92 Å². The lowest BCUT2D eigenvalue weighted by Gasteiger charge is -2.24. The number of amides is 1. The molecule has 1 unspecified atom stereocenters. The van der Waals surface area contributed by atoms with Gasteiger partial charge in [0.15, 0.2) is 0 Å². The van der Waals surface area contributed by atoms with Gasteiger partial charge in [-0.3, -0.25) is 9.59 Å². The first-order chi connectivity index (χ1) is 9.49. The number of hydrogen-bond donors (Lipinski definition) is 1. The van der Waals surface area contributed by atoms with Gasteiger partial charge in [-0.25, -0.2) is 0 Å². The smallest absolute Gasteiger partial charge is 0.308 e. The molecule has 0 saturated carbocycles. The largest absolute Gasteiger partial charge is 0.497 e. The molecule has 0 saturated heterocycles. The molecule has 0 aliphatic rings. The van der Waals surface area contributed by atoms with E-state index in [1.807, 2.05) is 6.92 Å². The van der Waals surface area contributed by atoms with Crippen LogP contribution in [0, 0.1) is 5.92 Å². The summed E-state index contributed by atoms with van der Waals surface area (Å²) in [4.78, 5) is 25.0. The maximum atomic E-state index is 12.4. The molecule has 0 aliphatic heterocycles. The summed E-state index contributed by atoms with van der Waals surface area (Å²) < 4.78 is 5.10. The molecule has 1 rings (SSSR count). The molecule has 1 aromatic carbocycles. The Morgan fingerprint density at radius 3 is 2.65 bits per heavy atom. The van der Waals surface area contributed by atoms with Crippen LogP contribution < -0.4 is 4.74 Å². The maximum Gasteiger partial charge on any atom is 0.308 e. The van der Waals surface area contributed by atoms with Crippen LogP contribution in [0.25, 0.3) is 0 Å². The summed E-state index contributed by atoms with van der Waals surface area (Å²) in [6, 6.07) is 6.88. The lowest BCUT2D eigenvalue weighted by molar-refractivity contribution is -0.141. The number of rotatable bonds is 7. The third-order valence-electron chi connectivity index (χ3n) is 3.01. The molecule has 1 amide bonds. The SMILES string of the molecule is CCCN(CC(C)C(=O)O)C(=O)c1cccc(OC)c1. The molecule has 5 nitrogen and oxygen atoms in total. The Hall–Kier alpha value is -2.04. The maximum absolute atomic E-state index is 12.4. The molecule has 0 radical (unpaired) electrons. The van der Waals surface area contributed by atoms with Gasteiger partial charge in [-0.05, 0) is 24.6 Å². The average Bonchev–Trinajstić information content (AvgIpc) is 2.45. The molecule has 1 N–H and O–H groups in total. The average molecular weight is 279 g/mol. The summed E-state index contributed by atoms with van der Waals surface area (Å²) >= 11 is 0. The van der Waals surface area contributed by atoms with Crippen LogP contribution in [-0.4, -0.2) is 42.1 Å². The lowest BCUT2D eigenvalue weighted by atomic mass is 10.1. The molecule has 0 spiro atoms. The Morgan fingerprint density at radius 1 is 1.40 bits per heavy atom. The van der Waals surface area contributed by atoms with E-state index in [4.69, 9.17) is 9.84 Å². The topological polar surface area (TPSA) is 66.8 Å². The van der Waals surface area contributed by atoms with Crippen molar-refractivity contribution in [3.8, 4) is 5.75 Å². The second-order valence-electron chi connectivity index (χ2n) is 4.72. The van der Waals surface area contributed by atoms with Crippen LogP contribution in [0.15, 0.2) is 24.3 Å². The first-order valence-corrected chi connectivity index (χ1v) is 6.65. The fourth-order valence-electron chi connectivity index (χ4n) is 1.89. The zero-order valence-corrected chi connectivity index (χ0v) is 12.1. The normalized spacial score (nSPS) is 11.8. The van der Waals surface area contributed by atoms with Gasteiger partial charge in [0.1, 0.15) is 5.75 Å². The molecule has 1 aromatic rings. The van der Waals surface area contributed by atoms with Crippen molar-refractivity contribution >= 4 is 11.9 Å². The molecule has 0 aliphatic carbocycles. The number of carboxylic acid groups (broad SMARTS) is 1. The van der Waals surface area contributed by atoms with Crippen molar-refractivity contribution in [3.05, 3.63) is 29.8 Å². The van der Waals surface area contributed by atoms with Crippen molar-refractivity contribution < 1.29 is 19.4 Å². The number of carboxylic acids is 1. The van der Waals surface area contributed by atoms with Crippen molar-refractivity contribution in [1.82, 2.24) is 4.90 Å². The van der Waals surface area contributed by atoms with Gasteiger partial charge in [0.25, 0.3) is 5.91 Å². The van der Waals surface area contributed by atoms with E-state index in [9.17, 15) is 9.59 Å². The van der Waals surface area contributed by atoms with Gasteiger partial charge in [0.2, 0.25) is 0 Å². The number of nitrogens with zero attached hydrogens (tertiary/aromatic N) is 1. The first kappa shape index (κ1) is 16.0. The van der Waals surface area contributed by atoms with E-state index in [-0.39, 0.29) is 12.5 Å². The summed E-state index contributed by atoms with van der Waals surface area (Å²) in [7, 11) is 1.54. The fraction of sp³-hybridized carbons (Fsp3) is 0.467. The molecular weight excluding hydrogens is 258 g/mol. The summed E-state index contributed by atoms with van der Waals surface area (Å²) in [5.41, 5.74) is 0.510. The molecule has 0 aromatic heterocycles. The number of methoxy groups -OCH3 is 1. The minimum atomic E-state index is -0.899. The molecular formula is C15H21NO4. The third-order valence-corrected chi connectivity index (χ3v) is 3.01. The quantitative estimate of drug-likeness (QED) is 0.831. The van der Waals surface area contributed by atoms with Crippen molar-refractivity contribution in [2.75, 3.05) is 20.2 Å². The van der Waals surface area contributed by atoms with Gasteiger partial charge in [-0.1, -0.05) is 19.9 Å². The number of benzene rings is 1. The van der Waals surface area contributed by atoms with E-state index in [0.717, 1.165) is 6.42 Å². The van der Waals surface area contributed by atoms with E-state index in [1.165, 1.54) is 0 Å². The standard InChI is InChI=1S/C15H21NO4/c1-4-8-16(10-11(2)15(18)19)14(17)12-6-5-7-13(9-12)20-3/h5-7,9,11H,4,8,10H2,1-3H3,(H,18,19). The highest BCUT2D eigenvalue weighted by molar-refractivity contribution is 5.94. The zero-order chi connectivity index (χ0) is 15.1. The van der Waals surface area contributed by atoms with Crippen molar-refractivity contribution in [1.29, 1.82) is 0 Å².